The molecule has 0 saturated carbocycles. The predicted molar refractivity (Wildman–Crippen MR) is 88.3 cm³/mol. The Kier molecular flexibility index (Phi) is 5.86. The molecule has 0 aromatic heterocycles. The Morgan fingerprint density at radius 1 is 1.17 bits per heavy atom. The smallest absolute Gasteiger partial charge is 0.328 e. The second kappa shape index (κ2) is 7.49. The molecule has 2 aliphatic heterocycles. The second-order valence-corrected chi connectivity index (χ2v) is 6.79. The number of nitrogens with one attached hydrogen (secondary N) is 1. The lowest BCUT2D eigenvalue weighted by Crippen LogP contribution is -2.64. The minimum atomic E-state index is -0.609. The van der Waals surface area contributed by atoms with Crippen LogP contribution in [0.25, 0.3) is 0 Å². The number of hydrogen-bond acceptors (Lipinski definition) is 5. The summed E-state index contributed by atoms with van der Waals surface area (Å²) in [7, 11) is 4.35. The zero-order valence-electron chi connectivity index (χ0n) is 14.8. The maximum atomic E-state index is 12.3. The Labute approximate surface area is 138 Å². The standard InChI is InChI=1S/C16H30N4O3/c1-5-23-14(21)13(2)17-15(22)20-8-6-16(7-9-20)12-18(3)10-11-19(16)4/h13H,5-12H2,1-4H3,(H,17,22)/t13-/m0/s1. The fourth-order valence-electron chi connectivity index (χ4n) is 3.53. The van der Waals surface area contributed by atoms with Crippen molar-refractivity contribution in [1.82, 2.24) is 20.0 Å². The van der Waals surface area contributed by atoms with Gasteiger partial charge in [0.25, 0.3) is 0 Å². The minimum Gasteiger partial charge on any atom is -0.464 e. The lowest BCUT2D eigenvalue weighted by Gasteiger charge is -2.52. The molecule has 0 aromatic rings. The molecule has 0 bridgehead atoms. The molecule has 7 heteroatoms. The third kappa shape index (κ3) is 4.14. The molecule has 2 amide bonds. The normalized spacial score (nSPS) is 23.6. The average Bonchev–Trinajstić information content (AvgIpc) is 2.52. The van der Waals surface area contributed by atoms with Crippen molar-refractivity contribution in [2.24, 2.45) is 0 Å². The molecule has 2 rings (SSSR count). The molecule has 0 aliphatic carbocycles. The zero-order valence-corrected chi connectivity index (χ0v) is 14.8. The Bertz CT molecular complexity index is 435. The molecular weight excluding hydrogens is 296 g/mol. The van der Waals surface area contributed by atoms with Crippen LogP contribution in [-0.4, -0.2) is 91.7 Å². The fourth-order valence-corrected chi connectivity index (χ4v) is 3.53. The van der Waals surface area contributed by atoms with Crippen LogP contribution < -0.4 is 5.32 Å². The van der Waals surface area contributed by atoms with Gasteiger partial charge in [0.15, 0.2) is 0 Å². The van der Waals surface area contributed by atoms with Gasteiger partial charge in [0.1, 0.15) is 6.04 Å². The van der Waals surface area contributed by atoms with Gasteiger partial charge >= 0.3 is 12.0 Å². The van der Waals surface area contributed by atoms with E-state index in [9.17, 15) is 9.59 Å². The van der Waals surface area contributed by atoms with Crippen LogP contribution in [0.4, 0.5) is 4.79 Å². The highest BCUT2D eigenvalue weighted by Crippen LogP contribution is 2.31. The third-order valence-corrected chi connectivity index (χ3v) is 5.15. The van der Waals surface area contributed by atoms with Crippen LogP contribution in [0.5, 0.6) is 0 Å². The first-order valence-electron chi connectivity index (χ1n) is 8.50. The van der Waals surface area contributed by atoms with Crippen LogP contribution in [0.2, 0.25) is 0 Å². The molecule has 0 unspecified atom stereocenters. The number of urea groups is 1. The number of hydrogen-bond donors (Lipinski definition) is 1. The van der Waals surface area contributed by atoms with E-state index in [4.69, 9.17) is 4.74 Å². The summed E-state index contributed by atoms with van der Waals surface area (Å²) >= 11 is 0. The highest BCUT2D eigenvalue weighted by Gasteiger charge is 2.42. The van der Waals surface area contributed by atoms with Crippen LogP contribution in [0, 0.1) is 0 Å². The van der Waals surface area contributed by atoms with E-state index in [1.165, 1.54) is 0 Å². The minimum absolute atomic E-state index is 0.174. The molecule has 2 aliphatic rings. The number of rotatable bonds is 3. The van der Waals surface area contributed by atoms with Gasteiger partial charge in [-0.1, -0.05) is 0 Å². The lowest BCUT2D eigenvalue weighted by atomic mass is 9.84. The topological polar surface area (TPSA) is 65.1 Å². The first-order chi connectivity index (χ1) is 10.9. The molecule has 2 heterocycles. The summed E-state index contributed by atoms with van der Waals surface area (Å²) in [6.07, 6.45) is 1.93. The number of esters is 1. The first kappa shape index (κ1) is 18.0. The molecule has 2 saturated heterocycles. The number of piperidine rings is 1. The van der Waals surface area contributed by atoms with Crippen LogP contribution in [0.15, 0.2) is 0 Å². The molecule has 1 atom stereocenters. The quantitative estimate of drug-likeness (QED) is 0.759. The molecule has 0 aromatic carbocycles. The van der Waals surface area contributed by atoms with Crippen molar-refractivity contribution in [3.8, 4) is 0 Å². The number of likely N-dealkylation sites (N-methyl/N-ethyl adjacent to an activating group) is 2. The molecule has 0 radical (unpaired) electrons. The van der Waals surface area contributed by atoms with Gasteiger partial charge in [-0.2, -0.15) is 0 Å². The van der Waals surface area contributed by atoms with Crippen LogP contribution in [0.1, 0.15) is 26.7 Å². The van der Waals surface area contributed by atoms with Gasteiger partial charge in [0.05, 0.1) is 6.61 Å². The van der Waals surface area contributed by atoms with Crippen molar-refractivity contribution >= 4 is 12.0 Å². The summed E-state index contributed by atoms with van der Waals surface area (Å²) < 4.78 is 4.92. The van der Waals surface area contributed by atoms with Crippen molar-refractivity contribution in [3.05, 3.63) is 0 Å². The van der Waals surface area contributed by atoms with E-state index in [0.29, 0.717) is 6.61 Å². The van der Waals surface area contributed by atoms with E-state index < -0.39 is 6.04 Å². The van der Waals surface area contributed by atoms with E-state index in [0.717, 1.165) is 45.6 Å². The van der Waals surface area contributed by atoms with Crippen molar-refractivity contribution in [3.63, 3.8) is 0 Å². The van der Waals surface area contributed by atoms with Gasteiger partial charge in [0.2, 0.25) is 0 Å². The Balaban J connectivity index is 1.86. The largest absolute Gasteiger partial charge is 0.464 e. The maximum Gasteiger partial charge on any atom is 0.328 e. The predicted octanol–water partition coefficient (Wildman–Crippen LogP) is 0.359. The van der Waals surface area contributed by atoms with Gasteiger partial charge in [-0.15, -0.1) is 0 Å². The molecule has 1 spiro atoms. The van der Waals surface area contributed by atoms with E-state index in [1.54, 1.807) is 13.8 Å². The zero-order chi connectivity index (χ0) is 17.0. The monoisotopic (exact) mass is 326 g/mol. The highest BCUT2D eigenvalue weighted by atomic mass is 16.5. The molecule has 1 N–H and O–H groups in total. The second-order valence-electron chi connectivity index (χ2n) is 6.79. The maximum absolute atomic E-state index is 12.3. The van der Waals surface area contributed by atoms with Crippen molar-refractivity contribution < 1.29 is 14.3 Å². The molecule has 2 fully saturated rings. The summed E-state index contributed by atoms with van der Waals surface area (Å²) in [5.41, 5.74) is 0.177. The summed E-state index contributed by atoms with van der Waals surface area (Å²) in [5, 5.41) is 2.73. The third-order valence-electron chi connectivity index (χ3n) is 5.15. The van der Waals surface area contributed by atoms with Crippen molar-refractivity contribution in [2.75, 3.05) is 53.4 Å². The van der Waals surface area contributed by atoms with Gasteiger partial charge < -0.3 is 19.9 Å². The van der Waals surface area contributed by atoms with E-state index in [1.807, 2.05) is 4.90 Å². The van der Waals surface area contributed by atoms with E-state index in [2.05, 4.69) is 29.2 Å². The number of piperazine rings is 1. The first-order valence-corrected chi connectivity index (χ1v) is 8.50. The molecule has 7 nitrogen and oxygen atoms in total. The SMILES string of the molecule is CCOC(=O)[C@H](C)NC(=O)N1CCC2(CC1)CN(C)CCN2C. The Morgan fingerprint density at radius 3 is 2.43 bits per heavy atom. The number of carbonyl (C=O) groups is 2. The Hall–Kier alpha value is -1.34. The van der Waals surface area contributed by atoms with Crippen molar-refractivity contribution in [1.29, 1.82) is 0 Å². The van der Waals surface area contributed by atoms with Gasteiger partial charge in [-0.25, -0.2) is 9.59 Å². The van der Waals surface area contributed by atoms with E-state index in [-0.39, 0.29) is 17.5 Å². The number of carbonyl (C=O) groups excluding carboxylic acids is 2. The fraction of sp³-hybridized carbons (Fsp3) is 0.875. The lowest BCUT2D eigenvalue weighted by molar-refractivity contribution is -0.144. The number of nitrogens with zero attached hydrogens (tertiary/aromatic N) is 3. The van der Waals surface area contributed by atoms with Crippen molar-refractivity contribution in [2.45, 2.75) is 38.3 Å². The summed E-state index contributed by atoms with van der Waals surface area (Å²) in [6.45, 7) is 8.41. The van der Waals surface area contributed by atoms with Gasteiger partial charge in [0, 0.05) is 38.3 Å². The summed E-state index contributed by atoms with van der Waals surface area (Å²) in [4.78, 5) is 30.6. The average molecular weight is 326 g/mol. The number of ether oxygens (including phenoxy) is 1. The number of amides is 2. The molecular formula is C16H30N4O3. The summed E-state index contributed by atoms with van der Waals surface area (Å²) in [6, 6.07) is -0.783. The van der Waals surface area contributed by atoms with Gasteiger partial charge in [-0.3, -0.25) is 4.90 Å². The van der Waals surface area contributed by atoms with E-state index >= 15 is 0 Å². The van der Waals surface area contributed by atoms with Crippen LogP contribution in [0.3, 0.4) is 0 Å². The highest BCUT2D eigenvalue weighted by molar-refractivity contribution is 5.83. The summed E-state index contributed by atoms with van der Waals surface area (Å²) in [5.74, 6) is -0.386. The van der Waals surface area contributed by atoms with Crippen LogP contribution in [-0.2, 0) is 9.53 Å². The van der Waals surface area contributed by atoms with Crippen LogP contribution >= 0.6 is 0 Å². The Morgan fingerprint density at radius 2 is 1.83 bits per heavy atom. The molecule has 23 heavy (non-hydrogen) atoms. The number of likely N-dealkylation sites (tertiary alicyclic amines) is 1. The molecule has 132 valence electrons. The van der Waals surface area contributed by atoms with Gasteiger partial charge in [-0.05, 0) is 40.8 Å².